The second-order valence-corrected chi connectivity index (χ2v) is 10.2. The molecule has 3 heterocycles. The van der Waals surface area contributed by atoms with Gasteiger partial charge in [-0.05, 0) is 40.7 Å². The first-order chi connectivity index (χ1) is 18.3. The molecule has 1 aromatic heterocycles. The Hall–Kier alpha value is -4.07. The molecule has 1 fully saturated rings. The number of hydrogen-bond acceptors (Lipinski definition) is 4. The van der Waals surface area contributed by atoms with E-state index in [1.54, 1.807) is 12.1 Å². The SMILES string of the molecule is CC(C)c1ccc(C(NC(=O)C2CC(F)CN2C(=O)c2ccc3c(n2)NC(=O)CC3)c2ccccc2)cc1. The van der Waals surface area contributed by atoms with Crippen molar-refractivity contribution in [2.75, 3.05) is 11.9 Å². The number of benzene rings is 2. The van der Waals surface area contributed by atoms with Crippen molar-refractivity contribution in [3.8, 4) is 0 Å². The van der Waals surface area contributed by atoms with Crippen LogP contribution in [-0.2, 0) is 16.0 Å². The maximum absolute atomic E-state index is 14.6. The minimum absolute atomic E-state index is 0.0710. The number of carbonyl (C=O) groups excluding carboxylic acids is 3. The molecule has 3 unspecified atom stereocenters. The highest BCUT2D eigenvalue weighted by Gasteiger charge is 2.41. The molecule has 1 saturated heterocycles. The fraction of sp³-hybridized carbons (Fsp3) is 0.333. The van der Waals surface area contributed by atoms with Gasteiger partial charge in [-0.3, -0.25) is 14.4 Å². The van der Waals surface area contributed by atoms with E-state index in [1.807, 2.05) is 54.6 Å². The normalized spacial score (nSPS) is 19.6. The Morgan fingerprint density at radius 1 is 0.974 bits per heavy atom. The number of hydrogen-bond donors (Lipinski definition) is 2. The average molecular weight is 515 g/mol. The number of halogens is 1. The fourth-order valence-electron chi connectivity index (χ4n) is 5.08. The van der Waals surface area contributed by atoms with Crippen molar-refractivity contribution in [2.45, 2.75) is 57.3 Å². The summed E-state index contributed by atoms with van der Waals surface area (Å²) in [5.41, 5.74) is 3.89. The molecule has 0 radical (unpaired) electrons. The molecule has 2 aliphatic rings. The number of fused-ring (bicyclic) bond motifs is 1. The lowest BCUT2D eigenvalue weighted by Crippen LogP contribution is -2.47. The Morgan fingerprint density at radius 2 is 1.66 bits per heavy atom. The standard InChI is InChI=1S/C30H31FN4O3/c1-18(2)19-8-10-21(11-9-19)27(20-6-4-3-5-7-20)34-29(37)25-16-23(31)17-35(25)30(38)24-14-12-22-13-15-26(36)33-28(22)32-24/h3-12,14,18,23,25,27H,13,15-17H2,1-2H3,(H,34,37)(H,32,33,36). The summed E-state index contributed by atoms with van der Waals surface area (Å²) in [7, 11) is 0. The van der Waals surface area contributed by atoms with Gasteiger partial charge < -0.3 is 15.5 Å². The van der Waals surface area contributed by atoms with Gasteiger partial charge in [0.25, 0.3) is 5.91 Å². The molecule has 5 rings (SSSR count). The number of nitrogens with one attached hydrogen (secondary N) is 2. The molecule has 2 aliphatic heterocycles. The van der Waals surface area contributed by atoms with E-state index in [4.69, 9.17) is 0 Å². The van der Waals surface area contributed by atoms with E-state index in [0.29, 0.717) is 24.6 Å². The predicted molar refractivity (Wildman–Crippen MR) is 142 cm³/mol. The van der Waals surface area contributed by atoms with E-state index >= 15 is 0 Å². The first-order valence-corrected chi connectivity index (χ1v) is 13.0. The molecular formula is C30H31FN4O3. The van der Waals surface area contributed by atoms with Crippen molar-refractivity contribution < 1.29 is 18.8 Å². The summed E-state index contributed by atoms with van der Waals surface area (Å²) in [5, 5.41) is 5.76. The smallest absolute Gasteiger partial charge is 0.273 e. The number of aromatic nitrogens is 1. The third kappa shape index (κ3) is 5.30. The maximum Gasteiger partial charge on any atom is 0.273 e. The largest absolute Gasteiger partial charge is 0.343 e. The lowest BCUT2D eigenvalue weighted by atomic mass is 9.95. The first-order valence-electron chi connectivity index (χ1n) is 13.0. The summed E-state index contributed by atoms with van der Waals surface area (Å²) in [4.78, 5) is 44.4. The van der Waals surface area contributed by atoms with Crippen molar-refractivity contribution in [3.63, 3.8) is 0 Å². The molecule has 8 heteroatoms. The van der Waals surface area contributed by atoms with Crippen LogP contribution in [0.15, 0.2) is 66.7 Å². The van der Waals surface area contributed by atoms with Crippen LogP contribution in [0, 0.1) is 0 Å². The van der Waals surface area contributed by atoms with Crippen molar-refractivity contribution in [1.82, 2.24) is 15.2 Å². The summed E-state index contributed by atoms with van der Waals surface area (Å²) in [5.74, 6) is -0.403. The highest BCUT2D eigenvalue weighted by molar-refractivity contribution is 5.98. The molecule has 38 heavy (non-hydrogen) atoms. The van der Waals surface area contributed by atoms with Gasteiger partial charge in [0.05, 0.1) is 12.6 Å². The minimum atomic E-state index is -1.33. The van der Waals surface area contributed by atoms with Crippen molar-refractivity contribution in [3.05, 3.63) is 94.7 Å². The first kappa shape index (κ1) is 25.6. The molecule has 3 atom stereocenters. The number of nitrogens with zero attached hydrogens (tertiary/aromatic N) is 2. The van der Waals surface area contributed by atoms with Gasteiger partial charge in [0, 0.05) is 12.8 Å². The molecule has 3 aromatic rings. The highest BCUT2D eigenvalue weighted by atomic mass is 19.1. The van der Waals surface area contributed by atoms with Crippen molar-refractivity contribution in [2.24, 2.45) is 0 Å². The molecule has 7 nitrogen and oxygen atoms in total. The van der Waals surface area contributed by atoms with Crippen LogP contribution in [0.3, 0.4) is 0 Å². The third-order valence-corrected chi connectivity index (χ3v) is 7.25. The van der Waals surface area contributed by atoms with Gasteiger partial charge in [-0.15, -0.1) is 0 Å². The van der Waals surface area contributed by atoms with Gasteiger partial charge in [0.2, 0.25) is 11.8 Å². The number of likely N-dealkylation sites (tertiary alicyclic amines) is 1. The lowest BCUT2D eigenvalue weighted by Gasteiger charge is -2.27. The van der Waals surface area contributed by atoms with Crippen LogP contribution in [0.2, 0.25) is 0 Å². The van der Waals surface area contributed by atoms with Gasteiger partial charge in [-0.1, -0.05) is 74.5 Å². The zero-order valence-corrected chi connectivity index (χ0v) is 21.5. The zero-order valence-electron chi connectivity index (χ0n) is 21.5. The lowest BCUT2D eigenvalue weighted by molar-refractivity contribution is -0.125. The fourth-order valence-corrected chi connectivity index (χ4v) is 5.08. The van der Waals surface area contributed by atoms with Crippen LogP contribution in [0.25, 0.3) is 0 Å². The Balaban J connectivity index is 1.39. The van der Waals surface area contributed by atoms with E-state index in [9.17, 15) is 18.8 Å². The number of anilines is 1. The number of rotatable bonds is 6. The molecule has 0 bridgehead atoms. The van der Waals surface area contributed by atoms with E-state index in [0.717, 1.165) is 16.7 Å². The molecule has 0 saturated carbocycles. The number of alkyl halides is 1. The molecule has 2 N–H and O–H groups in total. The third-order valence-electron chi connectivity index (χ3n) is 7.25. The van der Waals surface area contributed by atoms with Crippen LogP contribution in [0.5, 0.6) is 0 Å². The Kier molecular flexibility index (Phi) is 7.22. The Bertz CT molecular complexity index is 1340. The molecular weight excluding hydrogens is 483 g/mol. The predicted octanol–water partition coefficient (Wildman–Crippen LogP) is 4.55. The van der Waals surface area contributed by atoms with Gasteiger partial charge >= 0.3 is 0 Å². The summed E-state index contributed by atoms with van der Waals surface area (Å²) in [6.07, 6.45) is -0.508. The van der Waals surface area contributed by atoms with Gasteiger partial charge in [-0.2, -0.15) is 0 Å². The minimum Gasteiger partial charge on any atom is -0.343 e. The summed E-state index contributed by atoms with van der Waals surface area (Å²) < 4.78 is 14.6. The summed E-state index contributed by atoms with van der Waals surface area (Å²) in [6, 6.07) is 19.5. The topological polar surface area (TPSA) is 91.4 Å². The maximum atomic E-state index is 14.6. The number of aryl methyl sites for hydroxylation is 1. The molecule has 0 aliphatic carbocycles. The number of carbonyl (C=O) groups is 3. The van der Waals surface area contributed by atoms with Crippen molar-refractivity contribution >= 4 is 23.5 Å². The Morgan fingerprint density at radius 3 is 2.37 bits per heavy atom. The summed E-state index contributed by atoms with van der Waals surface area (Å²) >= 11 is 0. The van der Waals surface area contributed by atoms with E-state index in [-0.39, 0.29) is 24.6 Å². The molecule has 2 aromatic carbocycles. The molecule has 196 valence electrons. The Labute approximate surface area is 221 Å². The number of amides is 3. The van der Waals surface area contributed by atoms with Crippen LogP contribution >= 0.6 is 0 Å². The zero-order chi connectivity index (χ0) is 26.8. The molecule has 3 amide bonds. The van der Waals surface area contributed by atoms with Crippen LogP contribution in [0.1, 0.15) is 71.4 Å². The highest BCUT2D eigenvalue weighted by Crippen LogP contribution is 2.28. The summed E-state index contributed by atoms with van der Waals surface area (Å²) in [6.45, 7) is 4.05. The van der Waals surface area contributed by atoms with Crippen LogP contribution in [-0.4, -0.2) is 46.4 Å². The molecule has 0 spiro atoms. The van der Waals surface area contributed by atoms with Crippen LogP contribution < -0.4 is 10.6 Å². The van der Waals surface area contributed by atoms with E-state index in [1.165, 1.54) is 10.5 Å². The number of pyridine rings is 1. The van der Waals surface area contributed by atoms with Gasteiger partial charge in [0.1, 0.15) is 23.7 Å². The second-order valence-electron chi connectivity index (χ2n) is 10.2. The van der Waals surface area contributed by atoms with Gasteiger partial charge in [0.15, 0.2) is 0 Å². The average Bonchev–Trinajstić information content (AvgIpc) is 3.33. The van der Waals surface area contributed by atoms with Crippen LogP contribution in [0.4, 0.5) is 10.2 Å². The second kappa shape index (κ2) is 10.7. The van der Waals surface area contributed by atoms with E-state index in [2.05, 4.69) is 29.5 Å². The monoisotopic (exact) mass is 514 g/mol. The van der Waals surface area contributed by atoms with Gasteiger partial charge in [-0.25, -0.2) is 9.37 Å². The quantitative estimate of drug-likeness (QED) is 0.505. The van der Waals surface area contributed by atoms with Crippen molar-refractivity contribution in [1.29, 1.82) is 0 Å². The van der Waals surface area contributed by atoms with E-state index < -0.39 is 30.1 Å².